The molecule has 2 heterocycles. The van der Waals surface area contributed by atoms with Crippen LogP contribution in [0.4, 0.5) is 0 Å². The Morgan fingerprint density at radius 1 is 1.30 bits per heavy atom. The molecule has 3 rings (SSSR count). The number of aliphatic carboxylic acids is 1. The number of carboxylic acid groups (broad SMARTS) is 1. The van der Waals surface area contributed by atoms with Crippen molar-refractivity contribution in [3.05, 3.63) is 16.1 Å². The van der Waals surface area contributed by atoms with Crippen LogP contribution >= 0.6 is 11.3 Å². The van der Waals surface area contributed by atoms with Crippen LogP contribution in [0.3, 0.4) is 0 Å². The molecule has 0 amide bonds. The van der Waals surface area contributed by atoms with E-state index in [1.54, 1.807) is 11.3 Å². The summed E-state index contributed by atoms with van der Waals surface area (Å²) in [5.41, 5.74) is 1.06. The van der Waals surface area contributed by atoms with Crippen molar-refractivity contribution in [3.63, 3.8) is 0 Å². The molecule has 0 aromatic carbocycles. The zero-order valence-electron chi connectivity index (χ0n) is 11.8. The highest BCUT2D eigenvalue weighted by atomic mass is 32.1. The van der Waals surface area contributed by atoms with Crippen molar-refractivity contribution in [3.8, 4) is 0 Å². The lowest BCUT2D eigenvalue weighted by Gasteiger charge is -2.20. The minimum absolute atomic E-state index is 0.310. The predicted molar refractivity (Wildman–Crippen MR) is 79.0 cm³/mol. The molecule has 1 atom stereocenters. The van der Waals surface area contributed by atoms with Gasteiger partial charge in [-0.05, 0) is 32.2 Å². The predicted octanol–water partition coefficient (Wildman–Crippen LogP) is 3.24. The molecule has 1 unspecified atom stereocenters. The lowest BCUT2D eigenvalue weighted by Crippen LogP contribution is -2.35. The summed E-state index contributed by atoms with van der Waals surface area (Å²) in [5.74, 6) is -0.0402. The van der Waals surface area contributed by atoms with E-state index in [2.05, 4.69) is 10.3 Å². The van der Waals surface area contributed by atoms with Gasteiger partial charge >= 0.3 is 5.97 Å². The summed E-state index contributed by atoms with van der Waals surface area (Å²) >= 11 is 1.76. The quantitative estimate of drug-likeness (QED) is 0.926. The van der Waals surface area contributed by atoms with E-state index < -0.39 is 5.97 Å². The molecule has 1 saturated carbocycles. The van der Waals surface area contributed by atoms with Crippen LogP contribution in [0.25, 0.3) is 0 Å². The Morgan fingerprint density at radius 3 is 2.85 bits per heavy atom. The molecule has 20 heavy (non-hydrogen) atoms. The number of carbonyl (C=O) groups is 1. The summed E-state index contributed by atoms with van der Waals surface area (Å²) in [6, 6.07) is -0.310. The minimum Gasteiger partial charge on any atom is -0.480 e. The van der Waals surface area contributed by atoms with Crippen molar-refractivity contribution in [2.75, 3.05) is 6.54 Å². The average molecular weight is 294 g/mol. The van der Waals surface area contributed by atoms with Gasteiger partial charge in [0.2, 0.25) is 0 Å². The van der Waals surface area contributed by atoms with E-state index in [4.69, 9.17) is 4.98 Å². The second-order valence-corrected chi connectivity index (χ2v) is 6.87. The van der Waals surface area contributed by atoms with Crippen molar-refractivity contribution in [1.29, 1.82) is 0 Å². The van der Waals surface area contributed by atoms with Crippen LogP contribution in [0, 0.1) is 0 Å². The third-order valence-corrected chi connectivity index (χ3v) is 5.59. The lowest BCUT2D eigenvalue weighted by atomic mass is 9.90. The molecule has 1 aromatic heterocycles. The molecule has 0 bridgehead atoms. The highest BCUT2D eigenvalue weighted by Gasteiger charge is 2.31. The first kappa shape index (κ1) is 14.0. The van der Waals surface area contributed by atoms with Gasteiger partial charge < -0.3 is 5.11 Å². The molecule has 0 spiro atoms. The van der Waals surface area contributed by atoms with Crippen molar-refractivity contribution in [2.24, 2.45) is 0 Å². The summed E-state index contributed by atoms with van der Waals surface area (Å²) in [6.07, 6.45) is 8.32. The van der Waals surface area contributed by atoms with Crippen LogP contribution in [0.2, 0.25) is 0 Å². The highest BCUT2D eigenvalue weighted by Crippen LogP contribution is 2.34. The van der Waals surface area contributed by atoms with E-state index in [0.29, 0.717) is 12.5 Å². The molecular weight excluding hydrogens is 272 g/mol. The van der Waals surface area contributed by atoms with Crippen LogP contribution in [0.5, 0.6) is 0 Å². The second kappa shape index (κ2) is 6.22. The normalized spacial score (nSPS) is 25.1. The van der Waals surface area contributed by atoms with Crippen LogP contribution < -0.4 is 0 Å². The van der Waals surface area contributed by atoms with Gasteiger partial charge in [-0.3, -0.25) is 9.69 Å². The van der Waals surface area contributed by atoms with Crippen LogP contribution in [-0.2, 0) is 11.3 Å². The van der Waals surface area contributed by atoms with E-state index in [0.717, 1.165) is 25.1 Å². The van der Waals surface area contributed by atoms with Gasteiger partial charge in [0, 0.05) is 17.8 Å². The Labute approximate surface area is 123 Å². The fourth-order valence-corrected chi connectivity index (χ4v) is 4.42. The topological polar surface area (TPSA) is 53.4 Å². The van der Waals surface area contributed by atoms with Crippen LogP contribution in [0.1, 0.15) is 61.6 Å². The van der Waals surface area contributed by atoms with Crippen molar-refractivity contribution in [1.82, 2.24) is 9.88 Å². The van der Waals surface area contributed by atoms with Gasteiger partial charge in [0.25, 0.3) is 0 Å². The Balaban J connectivity index is 1.63. The number of nitrogens with zero attached hydrogens (tertiary/aromatic N) is 2. The van der Waals surface area contributed by atoms with Gasteiger partial charge in [-0.1, -0.05) is 19.3 Å². The molecule has 1 N–H and O–H groups in total. The Bertz CT molecular complexity index is 468. The third kappa shape index (κ3) is 3.04. The number of thiazole rings is 1. The van der Waals surface area contributed by atoms with Crippen molar-refractivity contribution >= 4 is 17.3 Å². The molecule has 1 aliphatic carbocycles. The average Bonchev–Trinajstić information content (AvgIpc) is 3.09. The number of hydrogen-bond acceptors (Lipinski definition) is 4. The SMILES string of the molecule is O=C(O)C1CCCN1Cc1csc(C2CCCCC2)n1. The summed E-state index contributed by atoms with van der Waals surface area (Å²) in [4.78, 5) is 18.0. The largest absolute Gasteiger partial charge is 0.480 e. The molecule has 110 valence electrons. The standard InChI is InChI=1S/C15H22N2O2S/c18-15(19)13-7-4-8-17(13)9-12-10-20-14(16-12)11-5-2-1-3-6-11/h10-11,13H,1-9H2,(H,18,19). The van der Waals surface area contributed by atoms with Gasteiger partial charge in [0.15, 0.2) is 0 Å². The Hall–Kier alpha value is -0.940. The first-order valence-electron chi connectivity index (χ1n) is 7.65. The van der Waals surface area contributed by atoms with E-state index >= 15 is 0 Å². The van der Waals surface area contributed by atoms with Gasteiger partial charge in [-0.15, -0.1) is 11.3 Å². The molecule has 4 nitrogen and oxygen atoms in total. The number of aromatic nitrogens is 1. The maximum absolute atomic E-state index is 11.2. The van der Waals surface area contributed by atoms with Crippen LogP contribution in [-0.4, -0.2) is 33.5 Å². The second-order valence-electron chi connectivity index (χ2n) is 5.98. The zero-order chi connectivity index (χ0) is 13.9. The molecule has 2 fully saturated rings. The van der Waals surface area contributed by atoms with Gasteiger partial charge in [-0.25, -0.2) is 4.98 Å². The fourth-order valence-electron chi connectivity index (χ4n) is 3.44. The van der Waals surface area contributed by atoms with Gasteiger partial charge in [0.05, 0.1) is 10.7 Å². The molecule has 0 radical (unpaired) electrons. The van der Waals surface area contributed by atoms with Crippen molar-refractivity contribution < 1.29 is 9.90 Å². The van der Waals surface area contributed by atoms with Crippen LogP contribution in [0.15, 0.2) is 5.38 Å². The molecule has 5 heteroatoms. The Morgan fingerprint density at radius 2 is 2.10 bits per heavy atom. The molecule has 2 aliphatic rings. The Kier molecular flexibility index (Phi) is 4.36. The highest BCUT2D eigenvalue weighted by molar-refractivity contribution is 7.09. The van der Waals surface area contributed by atoms with E-state index in [-0.39, 0.29) is 6.04 Å². The number of carboxylic acids is 1. The van der Waals surface area contributed by atoms with Gasteiger partial charge in [-0.2, -0.15) is 0 Å². The zero-order valence-corrected chi connectivity index (χ0v) is 12.6. The maximum atomic E-state index is 11.2. The summed E-state index contributed by atoms with van der Waals surface area (Å²) in [5, 5.41) is 12.6. The first-order chi connectivity index (χ1) is 9.74. The summed E-state index contributed by atoms with van der Waals surface area (Å²) in [6.45, 7) is 1.58. The third-order valence-electron chi connectivity index (χ3n) is 4.54. The summed E-state index contributed by atoms with van der Waals surface area (Å²) < 4.78 is 0. The van der Waals surface area contributed by atoms with E-state index in [1.165, 1.54) is 37.1 Å². The molecule has 1 aliphatic heterocycles. The smallest absolute Gasteiger partial charge is 0.320 e. The lowest BCUT2D eigenvalue weighted by molar-refractivity contribution is -0.142. The summed E-state index contributed by atoms with van der Waals surface area (Å²) in [7, 11) is 0. The molecule has 1 aromatic rings. The molecular formula is C15H22N2O2S. The van der Waals surface area contributed by atoms with E-state index in [1.807, 2.05) is 0 Å². The first-order valence-corrected chi connectivity index (χ1v) is 8.53. The number of rotatable bonds is 4. The minimum atomic E-state index is -0.690. The monoisotopic (exact) mass is 294 g/mol. The maximum Gasteiger partial charge on any atom is 0.320 e. The number of hydrogen-bond donors (Lipinski definition) is 1. The number of likely N-dealkylation sites (tertiary alicyclic amines) is 1. The van der Waals surface area contributed by atoms with Crippen molar-refractivity contribution in [2.45, 2.75) is 63.5 Å². The van der Waals surface area contributed by atoms with E-state index in [9.17, 15) is 9.90 Å². The van der Waals surface area contributed by atoms with Gasteiger partial charge in [0.1, 0.15) is 6.04 Å². The molecule has 1 saturated heterocycles. The fraction of sp³-hybridized carbons (Fsp3) is 0.733.